The Labute approximate surface area is 157 Å². The molecule has 0 saturated heterocycles. The van der Waals surface area contributed by atoms with Crippen molar-refractivity contribution in [2.75, 3.05) is 10.6 Å². The van der Waals surface area contributed by atoms with Gasteiger partial charge in [-0.3, -0.25) is 0 Å². The molecule has 1 aromatic carbocycles. The van der Waals surface area contributed by atoms with Gasteiger partial charge in [0.05, 0.1) is 0 Å². The molecule has 0 unspecified atom stereocenters. The normalized spacial score (nSPS) is 15.6. The molecule has 2 aromatic rings. The van der Waals surface area contributed by atoms with E-state index in [4.69, 9.17) is 0 Å². The van der Waals surface area contributed by atoms with E-state index in [0.717, 1.165) is 17.3 Å². The average Bonchev–Trinajstić information content (AvgIpc) is 3.06. The topological polar surface area (TPSA) is 49.8 Å². The van der Waals surface area contributed by atoms with Crippen molar-refractivity contribution in [2.45, 2.75) is 60.3 Å². The number of hydrogen-bond donors (Lipinski definition) is 2. The molecule has 3 rings (SSSR count). The van der Waals surface area contributed by atoms with Gasteiger partial charge in [-0.05, 0) is 35.5 Å². The Morgan fingerprint density at radius 2 is 1.31 bits per heavy atom. The number of nitrogens with zero attached hydrogens (tertiary/aromatic N) is 2. The second-order valence-electron chi connectivity index (χ2n) is 8.25. The molecule has 0 spiro atoms. The average molecular weight is 351 g/mol. The lowest BCUT2D eigenvalue weighted by atomic mass is 9.92. The summed E-state index contributed by atoms with van der Waals surface area (Å²) in [5.41, 5.74) is 6.50. The first-order valence-electron chi connectivity index (χ1n) is 9.43. The number of nitrogens with one attached hydrogen (secondary N) is 2. The van der Waals surface area contributed by atoms with Crippen molar-refractivity contribution in [3.05, 3.63) is 53.0 Å². The number of hydrogen-bond acceptors (Lipinski definition) is 4. The molecule has 0 radical (unpaired) electrons. The number of allylic oxidation sites excluding steroid dienone is 2. The van der Waals surface area contributed by atoms with Crippen LogP contribution in [0.3, 0.4) is 0 Å². The molecule has 138 valence electrons. The van der Waals surface area contributed by atoms with E-state index in [-0.39, 0.29) is 5.41 Å². The van der Waals surface area contributed by atoms with Gasteiger partial charge in [0, 0.05) is 29.2 Å². The zero-order valence-corrected chi connectivity index (χ0v) is 16.9. The minimum absolute atomic E-state index is 0.133. The van der Waals surface area contributed by atoms with Gasteiger partial charge in [-0.2, -0.15) is 0 Å². The van der Waals surface area contributed by atoms with Gasteiger partial charge in [0.1, 0.15) is 0 Å². The molecule has 0 fully saturated rings. The summed E-state index contributed by atoms with van der Waals surface area (Å²) in [6, 6.07) is 6.53. The fraction of sp³-hybridized carbons (Fsp3) is 0.455. The van der Waals surface area contributed by atoms with Gasteiger partial charge in [0.15, 0.2) is 11.6 Å². The maximum absolute atomic E-state index is 4.57. The van der Waals surface area contributed by atoms with Crippen LogP contribution in [0.4, 0.5) is 17.3 Å². The van der Waals surface area contributed by atoms with Crippen LogP contribution in [0.5, 0.6) is 0 Å². The maximum atomic E-state index is 4.57. The van der Waals surface area contributed by atoms with E-state index in [1.54, 1.807) is 12.4 Å². The fourth-order valence-corrected chi connectivity index (χ4v) is 3.36. The number of rotatable bonds is 6. The molecule has 1 aromatic heterocycles. The summed E-state index contributed by atoms with van der Waals surface area (Å²) in [7, 11) is 0. The quantitative estimate of drug-likeness (QED) is 0.652. The standard InChI is InChI=1S/C22H30N4/c1-13(2)16-9-8-10-17(14(3)4)18(16)25-20-21(24-12-11-23-20)26-19-15(5)22(19,6)7/h8-14H,1-7H3,(H,23,25)(H,24,26). The van der Waals surface area contributed by atoms with E-state index in [2.05, 4.69) is 87.3 Å². The minimum Gasteiger partial charge on any atom is -0.340 e. The monoisotopic (exact) mass is 350 g/mol. The highest BCUT2D eigenvalue weighted by Gasteiger charge is 2.42. The van der Waals surface area contributed by atoms with E-state index in [0.29, 0.717) is 11.8 Å². The molecule has 1 heterocycles. The SMILES string of the molecule is CC1=C(Nc2nccnc2Nc2c(C(C)C)cccc2C(C)C)C1(C)C. The third-order valence-corrected chi connectivity index (χ3v) is 5.43. The van der Waals surface area contributed by atoms with Crippen LogP contribution in [0.15, 0.2) is 41.9 Å². The highest BCUT2D eigenvalue weighted by atomic mass is 15.1. The van der Waals surface area contributed by atoms with Crippen molar-refractivity contribution in [2.24, 2.45) is 5.41 Å². The van der Waals surface area contributed by atoms with Crippen molar-refractivity contribution < 1.29 is 0 Å². The van der Waals surface area contributed by atoms with Crippen molar-refractivity contribution in [1.82, 2.24) is 9.97 Å². The third-order valence-electron chi connectivity index (χ3n) is 5.43. The van der Waals surface area contributed by atoms with E-state index in [1.807, 2.05) is 0 Å². The molecular weight excluding hydrogens is 320 g/mol. The van der Waals surface area contributed by atoms with Crippen molar-refractivity contribution in [1.29, 1.82) is 0 Å². The first-order chi connectivity index (χ1) is 12.2. The third kappa shape index (κ3) is 3.33. The first-order valence-corrected chi connectivity index (χ1v) is 9.43. The summed E-state index contributed by atoms with van der Waals surface area (Å²) < 4.78 is 0. The lowest BCUT2D eigenvalue weighted by Crippen LogP contribution is -2.09. The minimum atomic E-state index is 0.133. The summed E-state index contributed by atoms with van der Waals surface area (Å²) in [6.07, 6.45) is 3.47. The Morgan fingerprint density at radius 1 is 0.846 bits per heavy atom. The van der Waals surface area contributed by atoms with E-state index in [1.165, 1.54) is 22.4 Å². The zero-order chi connectivity index (χ0) is 19.1. The summed E-state index contributed by atoms with van der Waals surface area (Å²) in [4.78, 5) is 9.10. The highest BCUT2D eigenvalue weighted by Crippen LogP contribution is 2.51. The molecule has 1 aliphatic carbocycles. The predicted molar refractivity (Wildman–Crippen MR) is 110 cm³/mol. The van der Waals surface area contributed by atoms with E-state index in [9.17, 15) is 0 Å². The molecule has 4 heteroatoms. The van der Waals surface area contributed by atoms with Gasteiger partial charge in [0.25, 0.3) is 0 Å². The van der Waals surface area contributed by atoms with Crippen LogP contribution < -0.4 is 10.6 Å². The Balaban J connectivity index is 1.98. The van der Waals surface area contributed by atoms with Gasteiger partial charge in [-0.25, -0.2) is 9.97 Å². The zero-order valence-electron chi connectivity index (χ0n) is 16.9. The van der Waals surface area contributed by atoms with Gasteiger partial charge in [0.2, 0.25) is 0 Å². The molecule has 0 aliphatic heterocycles. The molecule has 2 N–H and O–H groups in total. The van der Waals surface area contributed by atoms with E-state index < -0.39 is 0 Å². The van der Waals surface area contributed by atoms with Crippen molar-refractivity contribution >= 4 is 17.3 Å². The molecule has 0 bridgehead atoms. The largest absolute Gasteiger partial charge is 0.340 e. The highest BCUT2D eigenvalue weighted by molar-refractivity contribution is 5.74. The lowest BCUT2D eigenvalue weighted by Gasteiger charge is -2.21. The second kappa shape index (κ2) is 6.75. The fourth-order valence-electron chi connectivity index (χ4n) is 3.36. The van der Waals surface area contributed by atoms with Crippen LogP contribution >= 0.6 is 0 Å². The summed E-state index contributed by atoms with van der Waals surface area (Å²) in [6.45, 7) is 15.5. The molecule has 4 nitrogen and oxygen atoms in total. The first kappa shape index (κ1) is 18.4. The Hall–Kier alpha value is -2.36. The van der Waals surface area contributed by atoms with Crippen LogP contribution in [0.2, 0.25) is 0 Å². The van der Waals surface area contributed by atoms with Crippen molar-refractivity contribution in [3.63, 3.8) is 0 Å². The number of aromatic nitrogens is 2. The number of para-hydroxylation sites is 1. The maximum Gasteiger partial charge on any atom is 0.173 e. The summed E-state index contributed by atoms with van der Waals surface area (Å²) in [5.74, 6) is 2.40. The Morgan fingerprint density at radius 3 is 1.73 bits per heavy atom. The van der Waals surface area contributed by atoms with Crippen LogP contribution in [0, 0.1) is 5.41 Å². The summed E-state index contributed by atoms with van der Waals surface area (Å²) in [5, 5.41) is 7.07. The Bertz CT molecular complexity index is 821. The van der Waals surface area contributed by atoms with Gasteiger partial charge in [-0.1, -0.05) is 59.7 Å². The Kier molecular flexibility index (Phi) is 4.78. The van der Waals surface area contributed by atoms with Crippen LogP contribution in [0.25, 0.3) is 0 Å². The lowest BCUT2D eigenvalue weighted by molar-refractivity contribution is 0.676. The van der Waals surface area contributed by atoms with Gasteiger partial charge >= 0.3 is 0 Å². The van der Waals surface area contributed by atoms with Crippen LogP contribution in [0.1, 0.15) is 71.4 Å². The predicted octanol–water partition coefficient (Wildman–Crippen LogP) is 6.19. The summed E-state index contributed by atoms with van der Waals surface area (Å²) >= 11 is 0. The molecule has 0 amide bonds. The van der Waals surface area contributed by atoms with Crippen LogP contribution in [-0.4, -0.2) is 9.97 Å². The molecule has 0 atom stereocenters. The number of benzene rings is 1. The van der Waals surface area contributed by atoms with Gasteiger partial charge in [-0.15, -0.1) is 0 Å². The molecular formula is C22H30N4. The van der Waals surface area contributed by atoms with Gasteiger partial charge < -0.3 is 10.6 Å². The second-order valence-corrected chi connectivity index (χ2v) is 8.25. The number of anilines is 3. The molecule has 26 heavy (non-hydrogen) atoms. The van der Waals surface area contributed by atoms with Crippen LogP contribution in [-0.2, 0) is 0 Å². The molecule has 1 aliphatic rings. The molecule has 0 saturated carbocycles. The smallest absolute Gasteiger partial charge is 0.173 e. The van der Waals surface area contributed by atoms with Crippen molar-refractivity contribution in [3.8, 4) is 0 Å². The van der Waals surface area contributed by atoms with E-state index >= 15 is 0 Å².